The fourth-order valence-corrected chi connectivity index (χ4v) is 3.50. The lowest BCUT2D eigenvalue weighted by Crippen LogP contribution is -2.32. The Kier molecular flexibility index (Phi) is 4.26. The molecule has 5 nitrogen and oxygen atoms in total. The molecule has 0 spiro atoms. The molecule has 2 rings (SSSR count). The van der Waals surface area contributed by atoms with Gasteiger partial charge in [-0.2, -0.15) is 0 Å². The lowest BCUT2D eigenvalue weighted by molar-refractivity contribution is 0.386. The number of rotatable bonds is 5. The minimum Gasteiger partial charge on any atom is -0.494 e. The zero-order chi connectivity index (χ0) is 13.9. The molecule has 0 aliphatic carbocycles. The molecule has 1 aliphatic heterocycles. The number of halogens is 1. The predicted molar refractivity (Wildman–Crippen MR) is 71.4 cm³/mol. The first-order valence-corrected chi connectivity index (χ1v) is 7.73. The van der Waals surface area contributed by atoms with Crippen LogP contribution in [0.5, 0.6) is 5.75 Å². The van der Waals surface area contributed by atoms with Crippen LogP contribution in [-0.2, 0) is 10.0 Å². The summed E-state index contributed by atoms with van der Waals surface area (Å²) in [6.45, 7) is 0.845. The summed E-state index contributed by atoms with van der Waals surface area (Å²) < 4.78 is 44.4. The van der Waals surface area contributed by atoms with Crippen LogP contribution < -0.4 is 14.8 Å². The maximum absolute atomic E-state index is 13.5. The molecule has 1 aromatic rings. The smallest absolute Gasteiger partial charge is 0.234 e. The molecule has 1 saturated heterocycles. The second-order valence-electron chi connectivity index (χ2n) is 4.53. The lowest BCUT2D eigenvalue weighted by atomic mass is 10.3. The van der Waals surface area contributed by atoms with E-state index in [-0.39, 0.29) is 23.2 Å². The van der Waals surface area contributed by atoms with Gasteiger partial charge in [-0.15, -0.1) is 0 Å². The third kappa shape index (κ3) is 3.81. The summed E-state index contributed by atoms with van der Waals surface area (Å²) in [4.78, 5) is 0. The van der Waals surface area contributed by atoms with Crippen LogP contribution in [0, 0.1) is 5.82 Å². The van der Waals surface area contributed by atoms with Gasteiger partial charge in [0.15, 0.2) is 11.6 Å². The average molecular weight is 288 g/mol. The van der Waals surface area contributed by atoms with Crippen LogP contribution in [0.15, 0.2) is 18.2 Å². The third-order valence-corrected chi connectivity index (χ3v) is 4.40. The van der Waals surface area contributed by atoms with E-state index in [1.807, 2.05) is 0 Å². The summed E-state index contributed by atoms with van der Waals surface area (Å²) in [5.41, 5.74) is 0.205. The zero-order valence-electron chi connectivity index (χ0n) is 10.6. The first kappa shape index (κ1) is 14.1. The highest BCUT2D eigenvalue weighted by Gasteiger charge is 2.22. The summed E-state index contributed by atoms with van der Waals surface area (Å²) in [6, 6.07) is 3.95. The maximum atomic E-state index is 13.5. The van der Waals surface area contributed by atoms with E-state index in [1.165, 1.54) is 19.2 Å². The van der Waals surface area contributed by atoms with Gasteiger partial charge in [0.05, 0.1) is 18.6 Å². The Bertz CT molecular complexity index is 542. The second-order valence-corrected chi connectivity index (χ2v) is 6.29. The number of ether oxygens (including phenoxy) is 1. The van der Waals surface area contributed by atoms with E-state index in [0.717, 1.165) is 25.5 Å². The lowest BCUT2D eigenvalue weighted by Gasteiger charge is -2.13. The Balaban J connectivity index is 2.04. The van der Waals surface area contributed by atoms with Gasteiger partial charge in [-0.3, -0.25) is 4.72 Å². The minimum atomic E-state index is -3.47. The van der Waals surface area contributed by atoms with E-state index < -0.39 is 15.8 Å². The molecule has 0 radical (unpaired) electrons. The highest BCUT2D eigenvalue weighted by atomic mass is 32.2. The Morgan fingerprint density at radius 2 is 2.32 bits per heavy atom. The Morgan fingerprint density at radius 3 is 2.89 bits per heavy atom. The molecule has 1 aromatic carbocycles. The van der Waals surface area contributed by atoms with Crippen LogP contribution in [-0.4, -0.2) is 33.9 Å². The number of benzene rings is 1. The summed E-state index contributed by atoms with van der Waals surface area (Å²) in [5, 5.41) is 3.11. The van der Waals surface area contributed by atoms with Crippen LogP contribution in [0.2, 0.25) is 0 Å². The van der Waals surface area contributed by atoms with Crippen molar-refractivity contribution in [2.45, 2.75) is 18.9 Å². The second kappa shape index (κ2) is 5.75. The molecule has 7 heteroatoms. The van der Waals surface area contributed by atoms with Gasteiger partial charge >= 0.3 is 0 Å². The molecule has 1 heterocycles. The molecule has 0 saturated carbocycles. The third-order valence-electron chi connectivity index (χ3n) is 3.01. The van der Waals surface area contributed by atoms with Crippen molar-refractivity contribution < 1.29 is 17.5 Å². The van der Waals surface area contributed by atoms with Crippen molar-refractivity contribution in [1.29, 1.82) is 0 Å². The summed E-state index contributed by atoms with van der Waals surface area (Å²) >= 11 is 0. The van der Waals surface area contributed by atoms with Crippen molar-refractivity contribution in [3.05, 3.63) is 24.0 Å². The maximum Gasteiger partial charge on any atom is 0.234 e. The van der Waals surface area contributed by atoms with Gasteiger partial charge < -0.3 is 10.1 Å². The molecule has 1 fully saturated rings. The molecule has 1 unspecified atom stereocenters. The van der Waals surface area contributed by atoms with Crippen molar-refractivity contribution >= 4 is 15.7 Å². The minimum absolute atomic E-state index is 0.000643. The van der Waals surface area contributed by atoms with Crippen molar-refractivity contribution in [1.82, 2.24) is 5.32 Å². The van der Waals surface area contributed by atoms with Crippen LogP contribution in [0.1, 0.15) is 12.8 Å². The van der Waals surface area contributed by atoms with Crippen molar-refractivity contribution in [3.63, 3.8) is 0 Å². The zero-order valence-corrected chi connectivity index (χ0v) is 11.5. The quantitative estimate of drug-likeness (QED) is 0.857. The number of hydrogen-bond donors (Lipinski definition) is 2. The number of nitrogens with one attached hydrogen (secondary N) is 2. The molecular formula is C12H17FN2O3S. The summed E-state index contributed by atoms with van der Waals surface area (Å²) in [7, 11) is -2.12. The average Bonchev–Trinajstić information content (AvgIpc) is 2.80. The Morgan fingerprint density at radius 1 is 1.53 bits per heavy atom. The van der Waals surface area contributed by atoms with E-state index >= 15 is 0 Å². The molecular weight excluding hydrogens is 271 g/mol. The predicted octanol–water partition coefficient (Wildman–Crippen LogP) is 1.33. The SMILES string of the molecule is COc1ccc(NS(=O)(=O)CC2CCCN2)cc1F. The van der Waals surface area contributed by atoms with Crippen LogP contribution in [0.25, 0.3) is 0 Å². The standard InChI is InChI=1S/C12H17FN2O3S/c1-18-12-5-4-9(7-11(12)13)15-19(16,17)8-10-3-2-6-14-10/h4-5,7,10,14-15H,2-3,6,8H2,1H3. The largest absolute Gasteiger partial charge is 0.494 e. The number of anilines is 1. The van der Waals surface area contributed by atoms with E-state index in [4.69, 9.17) is 4.74 Å². The van der Waals surface area contributed by atoms with E-state index in [0.29, 0.717) is 0 Å². The van der Waals surface area contributed by atoms with Crippen LogP contribution in [0.4, 0.5) is 10.1 Å². The fourth-order valence-electron chi connectivity index (χ4n) is 2.11. The topological polar surface area (TPSA) is 67.4 Å². The first-order valence-electron chi connectivity index (χ1n) is 6.07. The van der Waals surface area contributed by atoms with Gasteiger partial charge in [0.25, 0.3) is 0 Å². The summed E-state index contributed by atoms with van der Waals surface area (Å²) in [6.07, 6.45) is 1.83. The molecule has 1 aliphatic rings. The molecule has 0 aromatic heterocycles. The molecule has 0 bridgehead atoms. The van der Waals surface area contributed by atoms with Gasteiger partial charge in [0, 0.05) is 12.1 Å². The van der Waals surface area contributed by atoms with Crippen LogP contribution >= 0.6 is 0 Å². The molecule has 1 atom stereocenters. The molecule has 0 amide bonds. The number of sulfonamides is 1. The van der Waals surface area contributed by atoms with Gasteiger partial charge in [-0.05, 0) is 31.5 Å². The monoisotopic (exact) mass is 288 g/mol. The summed E-state index contributed by atoms with van der Waals surface area (Å²) in [5.74, 6) is -0.511. The van der Waals surface area contributed by atoms with Gasteiger partial charge in [0.1, 0.15) is 0 Å². The van der Waals surface area contributed by atoms with Gasteiger partial charge in [-0.25, -0.2) is 12.8 Å². The highest BCUT2D eigenvalue weighted by molar-refractivity contribution is 7.92. The van der Waals surface area contributed by atoms with E-state index in [2.05, 4.69) is 10.0 Å². The van der Waals surface area contributed by atoms with Crippen molar-refractivity contribution in [2.75, 3.05) is 24.1 Å². The van der Waals surface area contributed by atoms with E-state index in [9.17, 15) is 12.8 Å². The van der Waals surface area contributed by atoms with E-state index in [1.54, 1.807) is 0 Å². The first-order chi connectivity index (χ1) is 9.00. The molecule has 2 N–H and O–H groups in total. The highest BCUT2D eigenvalue weighted by Crippen LogP contribution is 2.21. The Labute approximate surface area is 112 Å². The normalized spacial score (nSPS) is 19.4. The van der Waals surface area contributed by atoms with Crippen LogP contribution in [0.3, 0.4) is 0 Å². The Hall–Kier alpha value is -1.34. The van der Waals surface area contributed by atoms with Gasteiger partial charge in [-0.1, -0.05) is 0 Å². The number of methoxy groups -OCH3 is 1. The molecule has 19 heavy (non-hydrogen) atoms. The number of hydrogen-bond acceptors (Lipinski definition) is 4. The fraction of sp³-hybridized carbons (Fsp3) is 0.500. The van der Waals surface area contributed by atoms with Gasteiger partial charge in [0.2, 0.25) is 10.0 Å². The van der Waals surface area contributed by atoms with Crippen molar-refractivity contribution in [3.8, 4) is 5.75 Å². The molecule has 106 valence electrons. The van der Waals surface area contributed by atoms with Crippen molar-refractivity contribution in [2.24, 2.45) is 0 Å².